The summed E-state index contributed by atoms with van der Waals surface area (Å²) < 4.78 is 19.0. The Hall–Kier alpha value is -2.37. The number of carboxylic acid groups (broad SMARTS) is 1. The maximum absolute atomic E-state index is 13.6. The molecule has 0 amide bonds. The molecule has 19 heavy (non-hydrogen) atoms. The fourth-order valence-corrected chi connectivity index (χ4v) is 1.56. The fraction of sp³-hybridized carbons (Fsp3) is 0.231. The minimum absolute atomic E-state index is 0.0903. The lowest BCUT2D eigenvalue weighted by atomic mass is 10.2. The van der Waals surface area contributed by atoms with Gasteiger partial charge in [0.1, 0.15) is 11.6 Å². The predicted octanol–water partition coefficient (Wildman–Crippen LogP) is 2.69. The Bertz CT molecular complexity index is 595. The average molecular weight is 264 g/mol. The molecule has 1 aromatic heterocycles. The fourth-order valence-electron chi connectivity index (χ4n) is 1.56. The molecular weight excluding hydrogens is 251 g/mol. The second-order valence-corrected chi connectivity index (χ2v) is 3.93. The van der Waals surface area contributed by atoms with Crippen LogP contribution in [0.5, 0.6) is 0 Å². The van der Waals surface area contributed by atoms with Gasteiger partial charge in [0.25, 0.3) is 0 Å². The maximum atomic E-state index is 13.6. The number of nitrogens with one attached hydrogen (secondary N) is 1. The third-order valence-electron chi connectivity index (χ3n) is 2.60. The zero-order chi connectivity index (χ0) is 13.8. The number of carbonyl (C=O) groups is 1. The summed E-state index contributed by atoms with van der Waals surface area (Å²) in [5.74, 6) is -0.565. The van der Waals surface area contributed by atoms with Crippen molar-refractivity contribution in [2.24, 2.45) is 0 Å². The molecule has 0 spiro atoms. The third-order valence-corrected chi connectivity index (χ3v) is 2.60. The summed E-state index contributed by atoms with van der Waals surface area (Å²) in [4.78, 5) is 14.7. The first-order valence-electron chi connectivity index (χ1n) is 5.80. The van der Waals surface area contributed by atoms with Crippen molar-refractivity contribution in [3.8, 4) is 0 Å². The first kappa shape index (κ1) is 13.1. The Morgan fingerprint density at radius 3 is 2.89 bits per heavy atom. The number of oxazole rings is 1. The molecule has 1 heterocycles. The number of aromatic carboxylic acids is 1. The number of nitrogens with zero attached hydrogens (tertiary/aromatic N) is 1. The normalized spacial score (nSPS) is 10.4. The number of halogens is 1. The lowest BCUT2D eigenvalue weighted by Gasteiger charge is -2.05. The van der Waals surface area contributed by atoms with E-state index in [2.05, 4.69) is 10.3 Å². The van der Waals surface area contributed by atoms with Gasteiger partial charge in [-0.3, -0.25) is 0 Å². The molecule has 2 rings (SSSR count). The van der Waals surface area contributed by atoms with Gasteiger partial charge in [-0.15, -0.1) is 0 Å². The molecule has 2 aromatic rings. The number of benzene rings is 1. The van der Waals surface area contributed by atoms with Crippen LogP contribution in [0.3, 0.4) is 0 Å². The Kier molecular flexibility index (Phi) is 3.79. The van der Waals surface area contributed by atoms with E-state index in [9.17, 15) is 9.18 Å². The largest absolute Gasteiger partial charge is 0.478 e. The van der Waals surface area contributed by atoms with Crippen LogP contribution >= 0.6 is 0 Å². The highest BCUT2D eigenvalue weighted by Gasteiger charge is 2.09. The third kappa shape index (κ3) is 3.09. The molecule has 0 saturated carbocycles. The van der Waals surface area contributed by atoms with Gasteiger partial charge in [-0.2, -0.15) is 0 Å². The smallest absolute Gasteiger partial charge is 0.335 e. The first-order valence-corrected chi connectivity index (χ1v) is 5.80. The van der Waals surface area contributed by atoms with E-state index in [1.807, 2.05) is 6.92 Å². The van der Waals surface area contributed by atoms with Gasteiger partial charge < -0.3 is 14.8 Å². The van der Waals surface area contributed by atoms with Crippen LogP contribution in [0.15, 0.2) is 28.8 Å². The van der Waals surface area contributed by atoms with E-state index in [0.29, 0.717) is 5.89 Å². The quantitative estimate of drug-likeness (QED) is 0.868. The Balaban J connectivity index is 2.05. The van der Waals surface area contributed by atoms with E-state index < -0.39 is 11.8 Å². The number of hydrogen-bond acceptors (Lipinski definition) is 4. The summed E-state index contributed by atoms with van der Waals surface area (Å²) in [6, 6.07) is 3.68. The number of aryl methyl sites for hydroxylation is 1. The number of aromatic nitrogens is 1. The van der Waals surface area contributed by atoms with Crippen molar-refractivity contribution >= 4 is 11.7 Å². The van der Waals surface area contributed by atoms with Gasteiger partial charge in [-0.25, -0.2) is 14.2 Å². The van der Waals surface area contributed by atoms with Crippen LogP contribution in [0, 0.1) is 5.82 Å². The van der Waals surface area contributed by atoms with E-state index in [1.165, 1.54) is 12.1 Å². The molecule has 1 aromatic carbocycles. The number of carboxylic acids is 1. The molecule has 0 aliphatic rings. The van der Waals surface area contributed by atoms with Crippen molar-refractivity contribution in [3.05, 3.63) is 47.4 Å². The molecule has 0 aliphatic heterocycles. The first-order chi connectivity index (χ1) is 9.10. The number of rotatable bonds is 5. The van der Waals surface area contributed by atoms with Gasteiger partial charge >= 0.3 is 5.97 Å². The monoisotopic (exact) mass is 264 g/mol. The van der Waals surface area contributed by atoms with Crippen LogP contribution in [-0.4, -0.2) is 16.1 Å². The van der Waals surface area contributed by atoms with Crippen LogP contribution < -0.4 is 5.32 Å². The minimum Gasteiger partial charge on any atom is -0.478 e. The molecule has 2 N–H and O–H groups in total. The SMILES string of the molecule is CCc1cnc(CNc2ccc(C(=O)O)cc2F)o1. The molecule has 0 atom stereocenters. The van der Waals surface area contributed by atoms with Gasteiger partial charge in [0.15, 0.2) is 0 Å². The highest BCUT2D eigenvalue weighted by molar-refractivity contribution is 5.88. The van der Waals surface area contributed by atoms with Gasteiger partial charge in [-0.05, 0) is 18.2 Å². The van der Waals surface area contributed by atoms with Gasteiger partial charge in [-0.1, -0.05) is 6.92 Å². The number of hydrogen-bond donors (Lipinski definition) is 2. The van der Waals surface area contributed by atoms with Crippen LogP contribution in [0.25, 0.3) is 0 Å². The van der Waals surface area contributed by atoms with Gasteiger partial charge in [0, 0.05) is 6.42 Å². The van der Waals surface area contributed by atoms with E-state index in [0.717, 1.165) is 18.2 Å². The van der Waals surface area contributed by atoms with Crippen molar-refractivity contribution in [3.63, 3.8) is 0 Å². The molecule has 5 nitrogen and oxygen atoms in total. The second-order valence-electron chi connectivity index (χ2n) is 3.93. The topological polar surface area (TPSA) is 75.4 Å². The van der Waals surface area contributed by atoms with E-state index >= 15 is 0 Å². The van der Waals surface area contributed by atoms with Gasteiger partial charge in [0.2, 0.25) is 5.89 Å². The molecule has 6 heteroatoms. The van der Waals surface area contributed by atoms with E-state index in [4.69, 9.17) is 9.52 Å². The summed E-state index contributed by atoms with van der Waals surface area (Å²) >= 11 is 0. The molecule has 100 valence electrons. The van der Waals surface area contributed by atoms with Crippen molar-refractivity contribution in [1.82, 2.24) is 4.98 Å². The average Bonchev–Trinajstić information content (AvgIpc) is 2.85. The Morgan fingerprint density at radius 2 is 2.32 bits per heavy atom. The van der Waals surface area contributed by atoms with Crippen molar-refractivity contribution in [2.45, 2.75) is 19.9 Å². The molecule has 0 saturated heterocycles. The highest BCUT2D eigenvalue weighted by atomic mass is 19.1. The molecule has 0 aliphatic carbocycles. The number of anilines is 1. The summed E-state index contributed by atoms with van der Waals surface area (Å²) in [5, 5.41) is 11.5. The summed E-state index contributed by atoms with van der Waals surface area (Å²) in [5.41, 5.74) is 0.119. The standard InChI is InChI=1S/C13H13FN2O3/c1-2-9-6-16-12(19-9)7-15-11-4-3-8(13(17)18)5-10(11)14/h3-6,15H,2,7H2,1H3,(H,17,18). The minimum atomic E-state index is -1.16. The van der Waals surface area contributed by atoms with Gasteiger partial charge in [0.05, 0.1) is 24.0 Å². The van der Waals surface area contributed by atoms with Crippen LogP contribution in [0.4, 0.5) is 10.1 Å². The van der Waals surface area contributed by atoms with Crippen molar-refractivity contribution in [1.29, 1.82) is 0 Å². The molecule has 0 unspecified atom stereocenters. The lowest BCUT2D eigenvalue weighted by molar-refractivity contribution is 0.0696. The van der Waals surface area contributed by atoms with Crippen molar-refractivity contribution < 1.29 is 18.7 Å². The van der Waals surface area contributed by atoms with Crippen molar-refractivity contribution in [2.75, 3.05) is 5.32 Å². The van der Waals surface area contributed by atoms with Crippen LogP contribution in [0.2, 0.25) is 0 Å². The Labute approximate surface area is 109 Å². The Morgan fingerprint density at radius 1 is 1.53 bits per heavy atom. The summed E-state index contributed by atoms with van der Waals surface area (Å²) in [6.45, 7) is 2.19. The van der Waals surface area contributed by atoms with E-state index in [-0.39, 0.29) is 17.8 Å². The van der Waals surface area contributed by atoms with Crippen LogP contribution in [-0.2, 0) is 13.0 Å². The lowest BCUT2D eigenvalue weighted by Crippen LogP contribution is -2.03. The molecule has 0 bridgehead atoms. The summed E-state index contributed by atoms with van der Waals surface area (Å²) in [6.07, 6.45) is 2.37. The molecular formula is C13H13FN2O3. The van der Waals surface area contributed by atoms with E-state index in [1.54, 1.807) is 6.20 Å². The molecule has 0 radical (unpaired) electrons. The van der Waals surface area contributed by atoms with Crippen LogP contribution in [0.1, 0.15) is 28.9 Å². The zero-order valence-electron chi connectivity index (χ0n) is 10.3. The second kappa shape index (κ2) is 5.51. The molecule has 0 fully saturated rings. The highest BCUT2D eigenvalue weighted by Crippen LogP contribution is 2.17. The predicted molar refractivity (Wildman–Crippen MR) is 66.6 cm³/mol. The maximum Gasteiger partial charge on any atom is 0.335 e. The summed E-state index contributed by atoms with van der Waals surface area (Å²) in [7, 11) is 0. The zero-order valence-corrected chi connectivity index (χ0v) is 10.3.